The summed E-state index contributed by atoms with van der Waals surface area (Å²) in [7, 11) is 0. The molecule has 0 bridgehead atoms. The molecule has 0 radical (unpaired) electrons. The van der Waals surface area contributed by atoms with Crippen molar-refractivity contribution in [3.8, 4) is 0 Å². The van der Waals surface area contributed by atoms with Gasteiger partial charge >= 0.3 is 5.97 Å². The molecule has 0 saturated carbocycles. The molecule has 0 amide bonds. The lowest BCUT2D eigenvalue weighted by atomic mass is 10.1. The van der Waals surface area contributed by atoms with Crippen molar-refractivity contribution in [3.63, 3.8) is 0 Å². The molecular formula is C22H32O5. The minimum atomic E-state index is -0.904. The maximum absolute atomic E-state index is 10.3. The first kappa shape index (κ1) is 24.8. The van der Waals surface area contributed by atoms with Gasteiger partial charge < -0.3 is 20.4 Å². The van der Waals surface area contributed by atoms with Gasteiger partial charge in [-0.15, -0.1) is 0 Å². The monoisotopic (exact) mass is 376 g/mol. The van der Waals surface area contributed by atoms with Gasteiger partial charge in [-0.25, -0.2) is 0 Å². The molecule has 4 N–H and O–H groups in total. The molecule has 5 nitrogen and oxygen atoms in total. The van der Waals surface area contributed by atoms with Crippen LogP contribution in [-0.4, -0.2) is 44.7 Å². The molecule has 1 unspecified atom stereocenters. The van der Waals surface area contributed by atoms with Gasteiger partial charge in [-0.2, -0.15) is 0 Å². The first-order chi connectivity index (χ1) is 13.0. The molecule has 0 rings (SSSR count). The molecule has 0 aromatic heterocycles. The molecule has 0 heterocycles. The lowest BCUT2D eigenvalue weighted by molar-refractivity contribution is -0.136. The quantitative estimate of drug-likeness (QED) is 0.275. The number of carboxylic acids is 1. The topological polar surface area (TPSA) is 98.0 Å². The van der Waals surface area contributed by atoms with Crippen molar-refractivity contribution in [2.24, 2.45) is 0 Å². The van der Waals surface area contributed by atoms with Crippen molar-refractivity contribution in [3.05, 3.63) is 72.9 Å². The molecule has 3 atom stereocenters. The number of hydrogen-bond donors (Lipinski definition) is 4. The Balaban J connectivity index is 4.03. The SMILES string of the molecule is CCC=CC[C@H](O)C(O)C=CC=CC=CC=C[C@@H](O)CC=CCCC(=O)O. The van der Waals surface area contributed by atoms with E-state index in [1.807, 2.05) is 19.1 Å². The third kappa shape index (κ3) is 17.0. The van der Waals surface area contributed by atoms with Crippen molar-refractivity contribution >= 4 is 5.97 Å². The van der Waals surface area contributed by atoms with Crippen LogP contribution in [-0.2, 0) is 4.79 Å². The Morgan fingerprint density at radius 2 is 1.41 bits per heavy atom. The highest BCUT2D eigenvalue weighted by atomic mass is 16.4. The first-order valence-corrected chi connectivity index (χ1v) is 9.21. The second-order valence-corrected chi connectivity index (χ2v) is 5.92. The summed E-state index contributed by atoms with van der Waals surface area (Å²) in [6.45, 7) is 2.01. The van der Waals surface area contributed by atoms with Gasteiger partial charge in [-0.3, -0.25) is 4.79 Å². The van der Waals surface area contributed by atoms with E-state index in [1.54, 1.807) is 54.7 Å². The van der Waals surface area contributed by atoms with Crippen molar-refractivity contribution in [2.45, 2.75) is 57.3 Å². The average Bonchev–Trinajstić information content (AvgIpc) is 2.63. The van der Waals surface area contributed by atoms with Crippen LogP contribution in [0.4, 0.5) is 0 Å². The average molecular weight is 376 g/mol. The molecule has 5 heteroatoms. The van der Waals surface area contributed by atoms with E-state index >= 15 is 0 Å². The number of aliphatic hydroxyl groups is 3. The fraction of sp³-hybridized carbons (Fsp3) is 0.409. The Morgan fingerprint density at radius 1 is 0.815 bits per heavy atom. The molecule has 0 saturated heterocycles. The van der Waals surface area contributed by atoms with Crippen LogP contribution in [0.2, 0.25) is 0 Å². The highest BCUT2D eigenvalue weighted by molar-refractivity contribution is 5.66. The molecule has 150 valence electrons. The zero-order chi connectivity index (χ0) is 20.3. The number of aliphatic hydroxyl groups excluding tert-OH is 3. The summed E-state index contributed by atoms with van der Waals surface area (Å²) in [6, 6.07) is 0. The highest BCUT2D eigenvalue weighted by Crippen LogP contribution is 2.03. The summed E-state index contributed by atoms with van der Waals surface area (Å²) in [4.78, 5) is 10.3. The van der Waals surface area contributed by atoms with Crippen LogP contribution in [0.3, 0.4) is 0 Å². The summed E-state index contributed by atoms with van der Waals surface area (Å²) in [5.74, 6) is -0.831. The van der Waals surface area contributed by atoms with E-state index in [2.05, 4.69) is 0 Å². The largest absolute Gasteiger partial charge is 0.481 e. The molecule has 0 spiro atoms. The molecule has 0 aliphatic rings. The summed E-state index contributed by atoms with van der Waals surface area (Å²) in [6.07, 6.45) is 21.0. The standard InChI is InChI=1S/C22H32O5/c1-2-3-9-16-20(24)21(25)17-12-7-5-4-6-10-14-19(23)15-11-8-13-18-22(26)27/h3-12,14,17,19-21,23-25H,2,13,15-16,18H2,1H3,(H,26,27)/t19-,20+,21?/m1/s1. The van der Waals surface area contributed by atoms with Crippen LogP contribution >= 0.6 is 0 Å². The molecule has 0 aliphatic heterocycles. The Labute approximate surface area is 162 Å². The van der Waals surface area contributed by atoms with E-state index in [1.165, 1.54) is 6.08 Å². The summed E-state index contributed by atoms with van der Waals surface area (Å²) in [5.41, 5.74) is 0. The number of carboxylic acid groups (broad SMARTS) is 1. The number of hydrogen-bond acceptors (Lipinski definition) is 4. The smallest absolute Gasteiger partial charge is 0.303 e. The molecule has 0 aliphatic carbocycles. The Bertz CT molecular complexity index is 555. The van der Waals surface area contributed by atoms with Crippen LogP contribution < -0.4 is 0 Å². The van der Waals surface area contributed by atoms with Gasteiger partial charge in [0.05, 0.1) is 18.3 Å². The summed E-state index contributed by atoms with van der Waals surface area (Å²) in [5, 5.41) is 37.7. The molecular weight excluding hydrogens is 344 g/mol. The van der Waals surface area contributed by atoms with E-state index in [9.17, 15) is 20.1 Å². The normalized spacial score (nSPS) is 16.6. The van der Waals surface area contributed by atoms with Crippen molar-refractivity contribution in [2.75, 3.05) is 0 Å². The van der Waals surface area contributed by atoms with E-state index in [4.69, 9.17) is 5.11 Å². The molecule has 0 aromatic rings. The Hall–Kier alpha value is -2.21. The maximum Gasteiger partial charge on any atom is 0.303 e. The van der Waals surface area contributed by atoms with Gasteiger partial charge in [0.25, 0.3) is 0 Å². The van der Waals surface area contributed by atoms with Crippen molar-refractivity contribution < 1.29 is 25.2 Å². The fourth-order valence-electron chi connectivity index (χ4n) is 1.94. The minimum absolute atomic E-state index is 0.0951. The lowest BCUT2D eigenvalue weighted by Gasteiger charge is -2.11. The maximum atomic E-state index is 10.3. The molecule has 0 aromatic carbocycles. The van der Waals surface area contributed by atoms with Crippen molar-refractivity contribution in [1.82, 2.24) is 0 Å². The minimum Gasteiger partial charge on any atom is -0.481 e. The van der Waals surface area contributed by atoms with Gasteiger partial charge in [0.2, 0.25) is 0 Å². The highest BCUT2D eigenvalue weighted by Gasteiger charge is 2.10. The Morgan fingerprint density at radius 3 is 2.04 bits per heavy atom. The first-order valence-electron chi connectivity index (χ1n) is 9.21. The third-order valence-electron chi connectivity index (χ3n) is 3.44. The van der Waals surface area contributed by atoms with Crippen molar-refractivity contribution in [1.29, 1.82) is 0 Å². The number of rotatable bonds is 14. The Kier molecular flexibility index (Phi) is 15.8. The summed E-state index contributed by atoms with van der Waals surface area (Å²) >= 11 is 0. The van der Waals surface area contributed by atoms with Gasteiger partial charge in [0.1, 0.15) is 0 Å². The second kappa shape index (κ2) is 17.2. The van der Waals surface area contributed by atoms with Gasteiger partial charge in [-0.05, 0) is 25.7 Å². The van der Waals surface area contributed by atoms with Gasteiger partial charge in [-0.1, -0.05) is 79.8 Å². The van der Waals surface area contributed by atoms with Crippen LogP contribution in [0.1, 0.15) is 39.0 Å². The predicted octanol–water partition coefficient (Wildman–Crippen LogP) is 3.46. The van der Waals surface area contributed by atoms with Crippen LogP contribution in [0.5, 0.6) is 0 Å². The molecule has 27 heavy (non-hydrogen) atoms. The number of carbonyl (C=O) groups is 1. The van der Waals surface area contributed by atoms with E-state index < -0.39 is 24.3 Å². The van der Waals surface area contributed by atoms with Crippen LogP contribution in [0.25, 0.3) is 0 Å². The number of allylic oxidation sites excluding steroid dienone is 8. The third-order valence-corrected chi connectivity index (χ3v) is 3.44. The summed E-state index contributed by atoms with van der Waals surface area (Å²) < 4.78 is 0. The zero-order valence-electron chi connectivity index (χ0n) is 15.9. The van der Waals surface area contributed by atoms with E-state index in [0.717, 1.165) is 6.42 Å². The van der Waals surface area contributed by atoms with Crippen LogP contribution in [0.15, 0.2) is 72.9 Å². The zero-order valence-corrected chi connectivity index (χ0v) is 15.9. The molecule has 0 fully saturated rings. The van der Waals surface area contributed by atoms with E-state index in [-0.39, 0.29) is 6.42 Å². The van der Waals surface area contributed by atoms with Gasteiger partial charge in [0.15, 0.2) is 0 Å². The lowest BCUT2D eigenvalue weighted by Crippen LogP contribution is -2.22. The second-order valence-electron chi connectivity index (χ2n) is 5.92. The predicted molar refractivity (Wildman–Crippen MR) is 109 cm³/mol. The van der Waals surface area contributed by atoms with Gasteiger partial charge in [0, 0.05) is 6.42 Å². The van der Waals surface area contributed by atoms with E-state index in [0.29, 0.717) is 19.3 Å². The van der Waals surface area contributed by atoms with Crippen LogP contribution in [0, 0.1) is 0 Å². The number of aliphatic carboxylic acids is 1. The fourth-order valence-corrected chi connectivity index (χ4v) is 1.94.